The highest BCUT2D eigenvalue weighted by Crippen LogP contribution is 2.45. The molecule has 1 aliphatic carbocycles. The first kappa shape index (κ1) is 16.8. The zero-order chi connectivity index (χ0) is 17.5. The van der Waals surface area contributed by atoms with Crippen LogP contribution in [0.15, 0.2) is 22.5 Å². The van der Waals surface area contributed by atoms with Gasteiger partial charge in [-0.15, -0.1) is 11.3 Å². The number of ether oxygens (including phenoxy) is 1. The van der Waals surface area contributed by atoms with E-state index in [1.807, 2.05) is 4.90 Å². The monoisotopic (exact) mass is 389 g/mol. The van der Waals surface area contributed by atoms with Crippen molar-refractivity contribution in [3.05, 3.63) is 27.3 Å². The summed E-state index contributed by atoms with van der Waals surface area (Å²) in [5.41, 5.74) is 1.29. The number of hydrogen-bond acceptors (Lipinski definition) is 6. The second kappa shape index (κ2) is 7.02. The predicted octanol–water partition coefficient (Wildman–Crippen LogP) is 3.18. The molecule has 1 saturated heterocycles. The fourth-order valence-corrected chi connectivity index (χ4v) is 6.37. The first-order chi connectivity index (χ1) is 12.8. The quantitative estimate of drug-likeness (QED) is 0.797. The van der Waals surface area contributed by atoms with Crippen LogP contribution >= 0.6 is 23.1 Å². The number of thioether (sulfide) groups is 1. The molecule has 0 N–H and O–H groups in total. The van der Waals surface area contributed by atoms with Crippen molar-refractivity contribution in [2.24, 2.45) is 4.99 Å². The number of carbonyl (C=O) groups is 1. The molecule has 138 valence electrons. The number of rotatable bonds is 3. The molecule has 1 aromatic heterocycles. The lowest BCUT2D eigenvalue weighted by Gasteiger charge is -2.31. The van der Waals surface area contributed by atoms with Gasteiger partial charge in [-0.05, 0) is 25.0 Å². The third-order valence-corrected chi connectivity index (χ3v) is 7.61. The van der Waals surface area contributed by atoms with Crippen LogP contribution in [0.3, 0.4) is 0 Å². The van der Waals surface area contributed by atoms with Crippen molar-refractivity contribution in [1.82, 2.24) is 9.80 Å². The van der Waals surface area contributed by atoms with Gasteiger partial charge in [0.15, 0.2) is 5.17 Å². The number of nitrogens with zero attached hydrogens (tertiary/aromatic N) is 3. The van der Waals surface area contributed by atoms with E-state index >= 15 is 0 Å². The highest BCUT2D eigenvalue weighted by Gasteiger charge is 2.42. The Morgan fingerprint density at radius 2 is 2.08 bits per heavy atom. The highest BCUT2D eigenvalue weighted by atomic mass is 32.2. The van der Waals surface area contributed by atoms with Crippen molar-refractivity contribution < 1.29 is 9.53 Å². The SMILES string of the molecule is O=C(Cc1ccc(C2=CSC3=N[C@H]4CCCC[C@@H]4N23)s1)N1CCOCC1. The van der Waals surface area contributed by atoms with Gasteiger partial charge in [-0.25, -0.2) is 0 Å². The molecule has 7 heteroatoms. The Morgan fingerprint density at radius 1 is 1.23 bits per heavy atom. The molecule has 0 radical (unpaired) electrons. The van der Waals surface area contributed by atoms with E-state index in [4.69, 9.17) is 9.73 Å². The Balaban J connectivity index is 1.29. The molecular weight excluding hydrogens is 366 g/mol. The van der Waals surface area contributed by atoms with E-state index in [1.54, 1.807) is 23.1 Å². The Labute approximate surface area is 162 Å². The number of fused-ring (bicyclic) bond motifs is 3. The first-order valence-electron chi connectivity index (χ1n) is 9.48. The minimum Gasteiger partial charge on any atom is -0.378 e. The third-order valence-electron chi connectivity index (χ3n) is 5.65. The van der Waals surface area contributed by atoms with Crippen molar-refractivity contribution in [2.75, 3.05) is 26.3 Å². The Hall–Kier alpha value is -1.31. The minimum atomic E-state index is 0.215. The summed E-state index contributed by atoms with van der Waals surface area (Å²) in [5.74, 6) is 0.215. The summed E-state index contributed by atoms with van der Waals surface area (Å²) < 4.78 is 5.34. The Morgan fingerprint density at radius 3 is 2.96 bits per heavy atom. The van der Waals surface area contributed by atoms with Crippen LogP contribution in [0.25, 0.3) is 5.70 Å². The van der Waals surface area contributed by atoms with Gasteiger partial charge in [-0.1, -0.05) is 24.6 Å². The summed E-state index contributed by atoms with van der Waals surface area (Å²) in [6.07, 6.45) is 5.58. The van der Waals surface area contributed by atoms with Gasteiger partial charge in [0.25, 0.3) is 0 Å². The van der Waals surface area contributed by atoms with Gasteiger partial charge < -0.3 is 14.5 Å². The van der Waals surface area contributed by atoms with E-state index in [-0.39, 0.29) is 5.91 Å². The average Bonchev–Trinajstić information content (AvgIpc) is 3.37. The Bertz CT molecular complexity index is 767. The van der Waals surface area contributed by atoms with E-state index < -0.39 is 0 Å². The molecule has 5 nitrogen and oxygen atoms in total. The number of amidine groups is 1. The topological polar surface area (TPSA) is 45.1 Å². The molecule has 0 aromatic carbocycles. The van der Waals surface area contributed by atoms with E-state index in [1.165, 1.54) is 41.4 Å². The van der Waals surface area contributed by atoms with Crippen molar-refractivity contribution in [3.8, 4) is 0 Å². The smallest absolute Gasteiger partial charge is 0.227 e. The summed E-state index contributed by atoms with van der Waals surface area (Å²) in [7, 11) is 0. The minimum absolute atomic E-state index is 0.215. The summed E-state index contributed by atoms with van der Waals surface area (Å²) >= 11 is 3.51. The van der Waals surface area contributed by atoms with E-state index in [2.05, 4.69) is 22.4 Å². The van der Waals surface area contributed by atoms with Crippen molar-refractivity contribution >= 4 is 39.9 Å². The zero-order valence-corrected chi connectivity index (χ0v) is 16.4. The van der Waals surface area contributed by atoms with Crippen LogP contribution in [0.5, 0.6) is 0 Å². The maximum Gasteiger partial charge on any atom is 0.227 e. The molecule has 3 aliphatic heterocycles. The second-order valence-corrected chi connectivity index (χ2v) is 9.26. The molecule has 0 spiro atoms. The molecule has 2 atom stereocenters. The van der Waals surface area contributed by atoms with Gasteiger partial charge >= 0.3 is 0 Å². The summed E-state index contributed by atoms with van der Waals surface area (Å²) in [6, 6.07) is 5.32. The molecule has 2 fully saturated rings. The maximum absolute atomic E-state index is 12.5. The summed E-state index contributed by atoms with van der Waals surface area (Å²) in [5, 5.41) is 3.42. The molecule has 1 saturated carbocycles. The number of morpholine rings is 1. The van der Waals surface area contributed by atoms with Crippen LogP contribution in [-0.2, 0) is 16.0 Å². The lowest BCUT2D eigenvalue weighted by molar-refractivity contribution is -0.134. The van der Waals surface area contributed by atoms with Gasteiger partial charge in [-0.3, -0.25) is 9.79 Å². The van der Waals surface area contributed by atoms with Crippen LogP contribution in [0.4, 0.5) is 0 Å². The fourth-order valence-electron chi connectivity index (χ4n) is 4.28. The predicted molar refractivity (Wildman–Crippen MR) is 106 cm³/mol. The van der Waals surface area contributed by atoms with Gasteiger partial charge in [-0.2, -0.15) is 0 Å². The molecule has 0 bridgehead atoms. The molecule has 0 unspecified atom stereocenters. The van der Waals surface area contributed by atoms with Crippen LogP contribution in [-0.4, -0.2) is 59.3 Å². The lowest BCUT2D eigenvalue weighted by Crippen LogP contribution is -2.41. The van der Waals surface area contributed by atoms with Gasteiger partial charge in [0.1, 0.15) is 0 Å². The van der Waals surface area contributed by atoms with Crippen LogP contribution < -0.4 is 0 Å². The number of carbonyl (C=O) groups excluding carboxylic acids is 1. The van der Waals surface area contributed by atoms with Gasteiger partial charge in [0.05, 0.1) is 42.3 Å². The molecule has 4 aliphatic rings. The summed E-state index contributed by atoms with van der Waals surface area (Å²) in [6.45, 7) is 2.75. The number of aliphatic imine (C=N–C) groups is 1. The fraction of sp³-hybridized carbons (Fsp3) is 0.579. The second-order valence-electron chi connectivity index (χ2n) is 7.26. The summed E-state index contributed by atoms with van der Waals surface area (Å²) in [4.78, 5) is 24.2. The normalized spacial score (nSPS) is 27.8. The largest absolute Gasteiger partial charge is 0.378 e. The van der Waals surface area contributed by atoms with E-state index in [0.717, 1.165) is 18.0 Å². The van der Waals surface area contributed by atoms with E-state index in [9.17, 15) is 4.79 Å². The third kappa shape index (κ3) is 3.00. The molecule has 26 heavy (non-hydrogen) atoms. The molecule has 1 aromatic rings. The van der Waals surface area contributed by atoms with Crippen molar-refractivity contribution in [2.45, 2.75) is 44.2 Å². The highest BCUT2D eigenvalue weighted by molar-refractivity contribution is 8.16. The van der Waals surface area contributed by atoms with Crippen molar-refractivity contribution in [3.63, 3.8) is 0 Å². The molecule has 4 heterocycles. The van der Waals surface area contributed by atoms with Gasteiger partial charge in [0, 0.05) is 23.4 Å². The molecular formula is C19H23N3O2S2. The Kier molecular flexibility index (Phi) is 4.54. The maximum atomic E-state index is 12.5. The standard InChI is InChI=1S/C19H23N3O2S2/c23-18(21-7-9-24-10-8-21)11-13-5-6-17(26-13)16-12-25-19-20-14-3-1-2-4-15(14)22(16)19/h5-6,12,14-15H,1-4,7-11H2/t14-,15-/m0/s1. The average molecular weight is 390 g/mol. The van der Waals surface area contributed by atoms with E-state index in [0.29, 0.717) is 31.7 Å². The molecule has 5 rings (SSSR count). The number of amides is 1. The van der Waals surface area contributed by atoms with Crippen LogP contribution in [0.1, 0.15) is 35.4 Å². The van der Waals surface area contributed by atoms with Gasteiger partial charge in [0.2, 0.25) is 5.91 Å². The van der Waals surface area contributed by atoms with Crippen LogP contribution in [0, 0.1) is 0 Å². The number of thiophene rings is 1. The lowest BCUT2D eigenvalue weighted by atomic mass is 9.90. The number of hydrogen-bond donors (Lipinski definition) is 0. The van der Waals surface area contributed by atoms with Crippen molar-refractivity contribution in [1.29, 1.82) is 0 Å². The van der Waals surface area contributed by atoms with Crippen LogP contribution in [0.2, 0.25) is 0 Å². The first-order valence-corrected chi connectivity index (χ1v) is 11.2. The zero-order valence-electron chi connectivity index (χ0n) is 14.7. The molecule has 1 amide bonds.